The molecule has 1 atom stereocenters. The average molecular weight is 261 g/mol. The van der Waals surface area contributed by atoms with Crippen molar-refractivity contribution >= 4 is 13.3 Å². The Labute approximate surface area is 119 Å². The van der Waals surface area contributed by atoms with Crippen molar-refractivity contribution in [3.63, 3.8) is 0 Å². The molecule has 2 N–H and O–H groups in total. The second kappa shape index (κ2) is 4.63. The molecular formula is C16H16BN3. The van der Waals surface area contributed by atoms with Gasteiger partial charge in [-0.3, -0.25) is 0 Å². The molecule has 1 saturated carbocycles. The largest absolute Gasteiger partial charge is 0.340 e. The van der Waals surface area contributed by atoms with Gasteiger partial charge in [-0.15, -0.1) is 0 Å². The lowest BCUT2D eigenvalue weighted by Crippen LogP contribution is -2.16. The average Bonchev–Trinajstić information content (AvgIpc) is 3.01. The molecule has 1 aromatic carbocycles. The van der Waals surface area contributed by atoms with Gasteiger partial charge in [-0.05, 0) is 24.3 Å². The summed E-state index contributed by atoms with van der Waals surface area (Å²) in [6, 6.07) is 8.08. The highest BCUT2D eigenvalue weighted by molar-refractivity contribution is 6.32. The number of H-pyrrole nitrogens is 1. The molecule has 1 fully saturated rings. The maximum atomic E-state index is 5.72. The Balaban J connectivity index is 1.57. The molecule has 0 unspecified atom stereocenters. The Morgan fingerprint density at radius 2 is 1.95 bits per heavy atom. The van der Waals surface area contributed by atoms with Gasteiger partial charge in [0.2, 0.25) is 0 Å². The van der Waals surface area contributed by atoms with E-state index in [1.165, 1.54) is 12.8 Å². The van der Waals surface area contributed by atoms with Crippen LogP contribution in [0.1, 0.15) is 24.7 Å². The molecule has 4 rings (SSSR count). The van der Waals surface area contributed by atoms with Crippen molar-refractivity contribution in [2.24, 2.45) is 5.92 Å². The standard InChI is InChI=1S/C16H16BN3/c17-13-5-3-11(4-6-13)15-9-19-16(20-15)14-7-12(8-18-14)10-1-2-10/h3-7,9-10,14,18H,1-2,8H2,(H,19,20)/t14-/m0/s1. The fraction of sp³-hybridized carbons (Fsp3) is 0.312. The van der Waals surface area contributed by atoms with Crippen LogP contribution in [-0.2, 0) is 0 Å². The van der Waals surface area contributed by atoms with E-state index < -0.39 is 0 Å². The van der Waals surface area contributed by atoms with Crippen molar-refractivity contribution in [3.8, 4) is 11.3 Å². The smallest absolute Gasteiger partial charge is 0.127 e. The third-order valence-corrected chi connectivity index (χ3v) is 4.12. The summed E-state index contributed by atoms with van der Waals surface area (Å²) in [6.45, 7) is 1.01. The van der Waals surface area contributed by atoms with Crippen LogP contribution < -0.4 is 10.8 Å². The van der Waals surface area contributed by atoms with Crippen LogP contribution >= 0.6 is 0 Å². The van der Waals surface area contributed by atoms with Gasteiger partial charge in [-0.25, -0.2) is 4.98 Å². The van der Waals surface area contributed by atoms with E-state index in [0.717, 1.165) is 35.0 Å². The summed E-state index contributed by atoms with van der Waals surface area (Å²) in [6.07, 6.45) is 6.94. The number of hydrogen-bond donors (Lipinski definition) is 2. The van der Waals surface area contributed by atoms with Crippen molar-refractivity contribution in [1.82, 2.24) is 15.3 Å². The van der Waals surface area contributed by atoms with Crippen molar-refractivity contribution in [2.75, 3.05) is 6.54 Å². The van der Waals surface area contributed by atoms with Gasteiger partial charge < -0.3 is 10.3 Å². The summed E-state index contributed by atoms with van der Waals surface area (Å²) in [7, 11) is 5.72. The molecule has 2 radical (unpaired) electrons. The molecule has 0 bridgehead atoms. The van der Waals surface area contributed by atoms with Crippen LogP contribution in [-0.4, -0.2) is 24.4 Å². The summed E-state index contributed by atoms with van der Waals surface area (Å²) in [5, 5.41) is 3.51. The third kappa shape index (κ3) is 2.20. The highest BCUT2D eigenvalue weighted by Gasteiger charge is 2.30. The van der Waals surface area contributed by atoms with Crippen molar-refractivity contribution in [2.45, 2.75) is 18.9 Å². The molecule has 1 aromatic heterocycles. The van der Waals surface area contributed by atoms with E-state index in [4.69, 9.17) is 7.85 Å². The summed E-state index contributed by atoms with van der Waals surface area (Å²) in [5.74, 6) is 1.83. The number of aromatic amines is 1. The minimum absolute atomic E-state index is 0.230. The quantitative estimate of drug-likeness (QED) is 0.654. The first-order valence-electron chi connectivity index (χ1n) is 7.14. The van der Waals surface area contributed by atoms with E-state index in [1.807, 2.05) is 30.5 Å². The number of imidazole rings is 1. The van der Waals surface area contributed by atoms with Gasteiger partial charge in [0.05, 0.1) is 17.9 Å². The zero-order valence-electron chi connectivity index (χ0n) is 11.3. The molecule has 0 amide bonds. The Morgan fingerprint density at radius 3 is 2.70 bits per heavy atom. The van der Waals surface area contributed by atoms with Crippen LogP contribution in [0.4, 0.5) is 0 Å². The Morgan fingerprint density at radius 1 is 1.15 bits per heavy atom. The molecule has 2 heterocycles. The number of aromatic nitrogens is 2. The normalized spacial score (nSPS) is 22.0. The monoisotopic (exact) mass is 261 g/mol. The molecule has 98 valence electrons. The Bertz CT molecular complexity index is 653. The molecule has 2 aromatic rings. The second-order valence-corrected chi connectivity index (χ2v) is 5.68. The molecule has 0 saturated heterocycles. The van der Waals surface area contributed by atoms with E-state index >= 15 is 0 Å². The lowest BCUT2D eigenvalue weighted by Gasteiger charge is -2.04. The maximum absolute atomic E-state index is 5.72. The van der Waals surface area contributed by atoms with E-state index in [9.17, 15) is 0 Å². The molecule has 0 spiro atoms. The van der Waals surface area contributed by atoms with Gasteiger partial charge in [0.15, 0.2) is 0 Å². The highest BCUT2D eigenvalue weighted by Crippen LogP contribution is 2.39. The lowest BCUT2D eigenvalue weighted by atomic mass is 9.95. The molecular weight excluding hydrogens is 245 g/mol. The summed E-state index contributed by atoms with van der Waals surface area (Å²) in [5.41, 5.74) is 4.49. The van der Waals surface area contributed by atoms with Gasteiger partial charge in [0, 0.05) is 6.54 Å². The number of benzene rings is 1. The maximum Gasteiger partial charge on any atom is 0.127 e. The predicted octanol–water partition coefficient (Wildman–Crippen LogP) is 1.85. The van der Waals surface area contributed by atoms with Gasteiger partial charge in [0.1, 0.15) is 13.7 Å². The molecule has 2 aliphatic rings. The van der Waals surface area contributed by atoms with E-state index in [-0.39, 0.29) is 6.04 Å². The van der Waals surface area contributed by atoms with Crippen molar-refractivity contribution in [3.05, 3.63) is 47.9 Å². The summed E-state index contributed by atoms with van der Waals surface area (Å²) < 4.78 is 0. The molecule has 1 aliphatic heterocycles. The van der Waals surface area contributed by atoms with Crippen LogP contribution in [0.5, 0.6) is 0 Å². The highest BCUT2D eigenvalue weighted by atomic mass is 15.0. The van der Waals surface area contributed by atoms with E-state index in [0.29, 0.717) is 0 Å². The topological polar surface area (TPSA) is 40.7 Å². The zero-order valence-corrected chi connectivity index (χ0v) is 11.3. The number of hydrogen-bond acceptors (Lipinski definition) is 2. The zero-order chi connectivity index (χ0) is 13.5. The number of nitrogens with one attached hydrogen (secondary N) is 2. The number of nitrogens with zero attached hydrogens (tertiary/aromatic N) is 1. The molecule has 20 heavy (non-hydrogen) atoms. The summed E-state index contributed by atoms with van der Waals surface area (Å²) in [4.78, 5) is 7.93. The Kier molecular flexibility index (Phi) is 2.77. The predicted molar refractivity (Wildman–Crippen MR) is 81.0 cm³/mol. The molecule has 3 nitrogen and oxygen atoms in total. The van der Waals surface area contributed by atoms with Crippen LogP contribution in [0, 0.1) is 5.92 Å². The second-order valence-electron chi connectivity index (χ2n) is 5.68. The fourth-order valence-electron chi connectivity index (χ4n) is 2.77. The van der Waals surface area contributed by atoms with Gasteiger partial charge in [-0.2, -0.15) is 0 Å². The van der Waals surface area contributed by atoms with E-state index in [1.54, 1.807) is 5.57 Å². The first-order valence-corrected chi connectivity index (χ1v) is 7.14. The van der Waals surface area contributed by atoms with Crippen molar-refractivity contribution in [1.29, 1.82) is 0 Å². The minimum Gasteiger partial charge on any atom is -0.340 e. The lowest BCUT2D eigenvalue weighted by molar-refractivity contribution is 0.669. The fourth-order valence-corrected chi connectivity index (χ4v) is 2.77. The van der Waals surface area contributed by atoms with Crippen LogP contribution in [0.2, 0.25) is 0 Å². The number of rotatable bonds is 3. The minimum atomic E-state index is 0.230. The van der Waals surface area contributed by atoms with Crippen LogP contribution in [0.15, 0.2) is 42.1 Å². The Hall–Kier alpha value is -1.81. The van der Waals surface area contributed by atoms with E-state index in [2.05, 4.69) is 21.4 Å². The SMILES string of the molecule is [B]c1ccc(-c2cnc([C@@H]3C=C(C4CC4)CN3)[nH]2)cc1. The molecule has 4 heteroatoms. The van der Waals surface area contributed by atoms with Crippen LogP contribution in [0.3, 0.4) is 0 Å². The van der Waals surface area contributed by atoms with Crippen LogP contribution in [0.25, 0.3) is 11.3 Å². The third-order valence-electron chi connectivity index (χ3n) is 4.12. The molecule has 1 aliphatic carbocycles. The van der Waals surface area contributed by atoms with Gasteiger partial charge in [-0.1, -0.05) is 41.4 Å². The van der Waals surface area contributed by atoms with Gasteiger partial charge >= 0.3 is 0 Å². The van der Waals surface area contributed by atoms with Gasteiger partial charge in [0.25, 0.3) is 0 Å². The summed E-state index contributed by atoms with van der Waals surface area (Å²) >= 11 is 0. The first kappa shape index (κ1) is 12.0. The van der Waals surface area contributed by atoms with Crippen molar-refractivity contribution < 1.29 is 0 Å². The first-order chi connectivity index (χ1) is 9.79.